The summed E-state index contributed by atoms with van der Waals surface area (Å²) in [6, 6.07) is 15.7. The molecule has 5 rings (SSSR count). The number of nitrogens with zero attached hydrogens (tertiary/aromatic N) is 2. The van der Waals surface area contributed by atoms with Crippen LogP contribution in [-0.4, -0.2) is 17.9 Å². The first-order chi connectivity index (χ1) is 16.3. The van der Waals surface area contributed by atoms with Crippen LogP contribution in [0.2, 0.25) is 5.02 Å². The lowest BCUT2D eigenvalue weighted by molar-refractivity contribution is -0.113. The van der Waals surface area contributed by atoms with E-state index in [1.54, 1.807) is 23.1 Å². The number of aryl methyl sites for hydroxylation is 4. The first kappa shape index (κ1) is 22.6. The van der Waals surface area contributed by atoms with Gasteiger partial charge < -0.3 is 9.47 Å². The predicted octanol–water partition coefficient (Wildman–Crippen LogP) is 7.11. The Kier molecular flexibility index (Phi) is 5.88. The van der Waals surface area contributed by atoms with Crippen molar-refractivity contribution in [3.05, 3.63) is 86.3 Å². The molecule has 0 N–H and O–H groups in total. The molecule has 0 atom stereocenters. The van der Waals surface area contributed by atoms with E-state index in [0.29, 0.717) is 32.2 Å². The molecule has 2 aliphatic rings. The average molecular weight is 491 g/mol. The molecule has 0 unspecified atom stereocenters. The minimum absolute atomic E-state index is 0.146. The van der Waals surface area contributed by atoms with E-state index < -0.39 is 0 Å². The Labute approximate surface area is 208 Å². The fraction of sp³-hybridized carbons (Fsp3) is 0.185. The molecule has 0 bridgehead atoms. The van der Waals surface area contributed by atoms with Gasteiger partial charge in [-0.2, -0.15) is 0 Å². The van der Waals surface area contributed by atoms with E-state index in [9.17, 15) is 4.79 Å². The highest BCUT2D eigenvalue weighted by molar-refractivity contribution is 8.19. The fourth-order valence-corrected chi connectivity index (χ4v) is 5.37. The molecule has 0 spiro atoms. The molecular formula is C27H23ClN2O3S. The van der Waals surface area contributed by atoms with Crippen LogP contribution in [0, 0.1) is 27.7 Å². The minimum Gasteiger partial charge on any atom is -0.454 e. The lowest BCUT2D eigenvalue weighted by Crippen LogP contribution is -2.28. The van der Waals surface area contributed by atoms with Crippen molar-refractivity contribution in [2.24, 2.45) is 4.99 Å². The molecule has 2 heterocycles. The Morgan fingerprint density at radius 1 is 0.882 bits per heavy atom. The quantitative estimate of drug-likeness (QED) is 0.367. The minimum atomic E-state index is -0.146. The number of benzene rings is 3. The maximum atomic E-state index is 13.7. The smallest absolute Gasteiger partial charge is 0.271 e. The topological polar surface area (TPSA) is 51.1 Å². The van der Waals surface area contributed by atoms with E-state index in [1.807, 2.05) is 52.0 Å². The zero-order valence-corrected chi connectivity index (χ0v) is 20.9. The van der Waals surface area contributed by atoms with Crippen molar-refractivity contribution in [1.29, 1.82) is 0 Å². The summed E-state index contributed by atoms with van der Waals surface area (Å²) in [6.07, 6.45) is 1.79. The molecule has 0 aliphatic carbocycles. The van der Waals surface area contributed by atoms with Crippen molar-refractivity contribution in [3.8, 4) is 11.5 Å². The lowest BCUT2D eigenvalue weighted by Gasteiger charge is -2.17. The lowest BCUT2D eigenvalue weighted by atomic mass is 10.1. The summed E-state index contributed by atoms with van der Waals surface area (Å²) in [5.41, 5.74) is 6.69. The monoisotopic (exact) mass is 490 g/mol. The van der Waals surface area contributed by atoms with Crippen LogP contribution < -0.4 is 14.4 Å². The van der Waals surface area contributed by atoms with Crippen LogP contribution >= 0.6 is 23.4 Å². The molecule has 3 aromatic rings. The van der Waals surface area contributed by atoms with Gasteiger partial charge in [-0.25, -0.2) is 4.99 Å². The number of hydrogen-bond donors (Lipinski definition) is 0. The Morgan fingerprint density at radius 2 is 1.47 bits per heavy atom. The summed E-state index contributed by atoms with van der Waals surface area (Å²) in [5.74, 6) is 1.07. The van der Waals surface area contributed by atoms with Gasteiger partial charge in [0.1, 0.15) is 0 Å². The number of hydrogen-bond acceptors (Lipinski definition) is 5. The van der Waals surface area contributed by atoms with Crippen LogP contribution in [-0.2, 0) is 4.79 Å². The van der Waals surface area contributed by atoms with Gasteiger partial charge in [0.15, 0.2) is 16.7 Å². The summed E-state index contributed by atoms with van der Waals surface area (Å²) >= 11 is 7.82. The van der Waals surface area contributed by atoms with E-state index >= 15 is 0 Å². The van der Waals surface area contributed by atoms with Crippen LogP contribution in [0.25, 0.3) is 6.08 Å². The number of halogens is 1. The first-order valence-corrected chi connectivity index (χ1v) is 12.0. The maximum absolute atomic E-state index is 13.7. The summed E-state index contributed by atoms with van der Waals surface area (Å²) in [5, 5.41) is 1.09. The van der Waals surface area contributed by atoms with Crippen molar-refractivity contribution >= 4 is 51.9 Å². The molecule has 1 amide bonds. The number of aliphatic imine (C=N–C) groups is 1. The number of ether oxygens (including phenoxy) is 2. The maximum Gasteiger partial charge on any atom is 0.271 e. The van der Waals surface area contributed by atoms with E-state index in [-0.39, 0.29) is 12.7 Å². The second-order valence-corrected chi connectivity index (χ2v) is 9.98. The molecule has 7 heteroatoms. The Balaban J connectivity index is 1.61. The van der Waals surface area contributed by atoms with Crippen molar-refractivity contribution in [2.45, 2.75) is 27.7 Å². The Morgan fingerprint density at radius 3 is 2.12 bits per heavy atom. The standard InChI is InChI=1S/C27H23ClN2O3S/c1-15-5-16(2)8-20(7-15)29-27-30(21-9-17(3)6-18(4)10-21)26(31)25(34-27)12-19-11-23-24(13-22(19)28)33-14-32-23/h5-13H,14H2,1-4H3/b25-12+,29-27?. The molecule has 3 aromatic carbocycles. The number of anilines is 1. The molecule has 1 saturated heterocycles. The van der Waals surface area contributed by atoms with Crippen LogP contribution in [0.1, 0.15) is 27.8 Å². The zero-order chi connectivity index (χ0) is 24.0. The van der Waals surface area contributed by atoms with Crippen LogP contribution in [0.3, 0.4) is 0 Å². The highest BCUT2D eigenvalue weighted by Crippen LogP contribution is 2.41. The van der Waals surface area contributed by atoms with E-state index in [2.05, 4.69) is 12.1 Å². The second kappa shape index (κ2) is 8.85. The number of amidine groups is 1. The normalized spacial score (nSPS) is 17.3. The average Bonchev–Trinajstić information content (AvgIpc) is 3.30. The van der Waals surface area contributed by atoms with Crippen molar-refractivity contribution in [2.75, 3.05) is 11.7 Å². The van der Waals surface area contributed by atoms with E-state index in [4.69, 9.17) is 26.1 Å². The predicted molar refractivity (Wildman–Crippen MR) is 140 cm³/mol. The third-order valence-electron chi connectivity index (χ3n) is 5.48. The molecule has 0 radical (unpaired) electrons. The highest BCUT2D eigenvalue weighted by atomic mass is 35.5. The van der Waals surface area contributed by atoms with Gasteiger partial charge in [-0.05, 0) is 104 Å². The van der Waals surface area contributed by atoms with Gasteiger partial charge in [-0.1, -0.05) is 23.7 Å². The molecule has 34 heavy (non-hydrogen) atoms. The molecular weight excluding hydrogens is 468 g/mol. The molecule has 172 valence electrons. The van der Waals surface area contributed by atoms with Gasteiger partial charge in [0.25, 0.3) is 5.91 Å². The fourth-order valence-electron chi connectivity index (χ4n) is 4.17. The second-order valence-electron chi connectivity index (χ2n) is 8.56. The summed E-state index contributed by atoms with van der Waals surface area (Å²) < 4.78 is 10.9. The molecule has 0 saturated carbocycles. The molecule has 2 aliphatic heterocycles. The number of carbonyl (C=O) groups excluding carboxylic acids is 1. The Hall–Kier alpha value is -3.22. The third-order valence-corrected chi connectivity index (χ3v) is 6.78. The van der Waals surface area contributed by atoms with E-state index in [1.165, 1.54) is 11.8 Å². The summed E-state index contributed by atoms with van der Waals surface area (Å²) in [6.45, 7) is 8.28. The van der Waals surface area contributed by atoms with Crippen LogP contribution in [0.15, 0.2) is 58.4 Å². The number of amides is 1. The van der Waals surface area contributed by atoms with Crippen LogP contribution in [0.4, 0.5) is 11.4 Å². The number of rotatable bonds is 3. The summed E-state index contributed by atoms with van der Waals surface area (Å²) in [7, 11) is 0. The van der Waals surface area contributed by atoms with Gasteiger partial charge in [0.2, 0.25) is 6.79 Å². The van der Waals surface area contributed by atoms with Crippen LogP contribution in [0.5, 0.6) is 11.5 Å². The first-order valence-electron chi connectivity index (χ1n) is 10.9. The number of carbonyl (C=O) groups is 1. The van der Waals surface area contributed by atoms with Crippen molar-refractivity contribution in [3.63, 3.8) is 0 Å². The van der Waals surface area contributed by atoms with Crippen molar-refractivity contribution < 1.29 is 14.3 Å². The highest BCUT2D eigenvalue weighted by Gasteiger charge is 2.35. The molecule has 1 fully saturated rings. The number of thioether (sulfide) groups is 1. The van der Waals surface area contributed by atoms with E-state index in [0.717, 1.165) is 33.6 Å². The van der Waals surface area contributed by atoms with Crippen molar-refractivity contribution in [1.82, 2.24) is 0 Å². The molecule has 5 nitrogen and oxygen atoms in total. The van der Waals surface area contributed by atoms with Gasteiger partial charge in [0.05, 0.1) is 21.3 Å². The molecule has 0 aromatic heterocycles. The summed E-state index contributed by atoms with van der Waals surface area (Å²) in [4.78, 5) is 20.8. The third kappa shape index (κ3) is 4.43. The Bertz CT molecular complexity index is 1360. The van der Waals surface area contributed by atoms with Gasteiger partial charge >= 0.3 is 0 Å². The largest absolute Gasteiger partial charge is 0.454 e. The SMILES string of the molecule is Cc1cc(C)cc(N=C2S/C(=C/c3cc4c(cc3Cl)OCO4)C(=O)N2c2cc(C)cc(C)c2)c1. The number of fused-ring (bicyclic) bond motifs is 1. The van der Waals surface area contributed by atoms with Gasteiger partial charge in [0, 0.05) is 6.07 Å². The zero-order valence-electron chi connectivity index (χ0n) is 19.3. The van der Waals surface area contributed by atoms with Gasteiger partial charge in [-0.3, -0.25) is 9.69 Å². The van der Waals surface area contributed by atoms with Gasteiger partial charge in [-0.15, -0.1) is 0 Å².